The number of benzene rings is 1. The fraction of sp³-hybridized carbons (Fsp3) is 0.467. The van der Waals surface area contributed by atoms with E-state index in [1.807, 2.05) is 0 Å². The lowest BCUT2D eigenvalue weighted by Crippen LogP contribution is -2.35. The molecule has 2 unspecified atom stereocenters. The third-order valence-corrected chi connectivity index (χ3v) is 4.12. The highest BCUT2D eigenvalue weighted by Gasteiger charge is 2.33. The zero-order valence-corrected chi connectivity index (χ0v) is 11.8. The van der Waals surface area contributed by atoms with Gasteiger partial charge in [-0.05, 0) is 37.0 Å². The van der Waals surface area contributed by atoms with Crippen LogP contribution in [0.4, 0.5) is 11.4 Å². The van der Waals surface area contributed by atoms with Gasteiger partial charge in [0, 0.05) is 18.7 Å². The monoisotopic (exact) mass is 276 g/mol. The number of hydrogen-bond acceptors (Lipinski definition) is 3. The Kier molecular flexibility index (Phi) is 3.97. The van der Waals surface area contributed by atoms with Crippen molar-refractivity contribution >= 4 is 23.3 Å². The number of nitrogen functional groups attached to an aromatic ring is 1. The van der Waals surface area contributed by atoms with E-state index >= 15 is 0 Å². The van der Waals surface area contributed by atoms with E-state index in [0.717, 1.165) is 19.3 Å². The Morgan fingerprint density at radius 1 is 1.35 bits per heavy atom. The van der Waals surface area contributed by atoms with Gasteiger partial charge in [-0.3, -0.25) is 4.79 Å². The molecule has 3 N–H and O–H groups in total. The van der Waals surface area contributed by atoms with Crippen LogP contribution in [0.3, 0.4) is 0 Å². The maximum absolute atomic E-state index is 12.5. The summed E-state index contributed by atoms with van der Waals surface area (Å²) in [4.78, 5) is 25.3. The molecule has 0 aliphatic heterocycles. The van der Waals surface area contributed by atoms with Crippen LogP contribution < -0.4 is 10.6 Å². The third kappa shape index (κ3) is 2.61. The van der Waals surface area contributed by atoms with Gasteiger partial charge in [0.25, 0.3) is 0 Å². The van der Waals surface area contributed by atoms with Crippen molar-refractivity contribution in [2.45, 2.75) is 26.2 Å². The SMILES string of the molecule is CC1CCCC1C(=O)N(C)c1ccc(N)cc1C(=O)O. The van der Waals surface area contributed by atoms with Crippen molar-refractivity contribution in [2.75, 3.05) is 17.7 Å². The molecule has 0 radical (unpaired) electrons. The second-order valence-corrected chi connectivity index (χ2v) is 5.49. The first kappa shape index (κ1) is 14.4. The molecule has 0 bridgehead atoms. The average molecular weight is 276 g/mol. The minimum atomic E-state index is -1.08. The van der Waals surface area contributed by atoms with Crippen LogP contribution >= 0.6 is 0 Å². The molecule has 1 aromatic carbocycles. The van der Waals surface area contributed by atoms with Gasteiger partial charge in [0.1, 0.15) is 0 Å². The topological polar surface area (TPSA) is 83.6 Å². The number of hydrogen-bond donors (Lipinski definition) is 2. The summed E-state index contributed by atoms with van der Waals surface area (Å²) in [5.74, 6) is -0.750. The van der Waals surface area contributed by atoms with E-state index in [-0.39, 0.29) is 17.4 Å². The fourth-order valence-corrected chi connectivity index (χ4v) is 2.90. The highest BCUT2D eigenvalue weighted by Crippen LogP contribution is 2.34. The summed E-state index contributed by atoms with van der Waals surface area (Å²) in [6, 6.07) is 4.60. The van der Waals surface area contributed by atoms with Crippen molar-refractivity contribution in [1.82, 2.24) is 0 Å². The Morgan fingerprint density at radius 3 is 2.60 bits per heavy atom. The summed E-state index contributed by atoms with van der Waals surface area (Å²) in [5, 5.41) is 9.24. The summed E-state index contributed by atoms with van der Waals surface area (Å²) in [6.07, 6.45) is 2.98. The zero-order valence-electron chi connectivity index (χ0n) is 11.8. The van der Waals surface area contributed by atoms with E-state index in [0.29, 0.717) is 17.3 Å². The number of aromatic carboxylic acids is 1. The van der Waals surface area contributed by atoms with Gasteiger partial charge in [-0.2, -0.15) is 0 Å². The van der Waals surface area contributed by atoms with Gasteiger partial charge in [-0.15, -0.1) is 0 Å². The molecule has 5 nitrogen and oxygen atoms in total. The summed E-state index contributed by atoms with van der Waals surface area (Å²) >= 11 is 0. The van der Waals surface area contributed by atoms with Crippen LogP contribution in [-0.4, -0.2) is 24.0 Å². The van der Waals surface area contributed by atoms with Gasteiger partial charge >= 0.3 is 5.97 Å². The van der Waals surface area contributed by atoms with E-state index in [1.165, 1.54) is 11.0 Å². The first-order chi connectivity index (χ1) is 9.41. The van der Waals surface area contributed by atoms with Gasteiger partial charge in [0.2, 0.25) is 5.91 Å². The van der Waals surface area contributed by atoms with Crippen molar-refractivity contribution in [3.8, 4) is 0 Å². The lowest BCUT2D eigenvalue weighted by molar-refractivity contribution is -0.122. The number of anilines is 2. The number of nitrogens with two attached hydrogens (primary N) is 1. The number of carbonyl (C=O) groups is 2. The first-order valence-corrected chi connectivity index (χ1v) is 6.82. The van der Waals surface area contributed by atoms with Gasteiger partial charge in [0.05, 0.1) is 11.3 Å². The van der Waals surface area contributed by atoms with Gasteiger partial charge in [0.15, 0.2) is 0 Å². The van der Waals surface area contributed by atoms with Crippen molar-refractivity contribution in [1.29, 1.82) is 0 Å². The Bertz CT molecular complexity index is 542. The maximum Gasteiger partial charge on any atom is 0.337 e. The molecule has 20 heavy (non-hydrogen) atoms. The van der Waals surface area contributed by atoms with Crippen LogP contribution in [-0.2, 0) is 4.79 Å². The van der Waals surface area contributed by atoms with E-state index in [1.54, 1.807) is 19.2 Å². The quantitative estimate of drug-likeness (QED) is 0.830. The Labute approximate surface area is 118 Å². The van der Waals surface area contributed by atoms with Crippen LogP contribution in [0, 0.1) is 11.8 Å². The normalized spacial score (nSPS) is 21.7. The lowest BCUT2D eigenvalue weighted by atomic mass is 9.96. The number of carboxylic acid groups (broad SMARTS) is 1. The third-order valence-electron chi connectivity index (χ3n) is 4.12. The predicted molar refractivity (Wildman–Crippen MR) is 77.7 cm³/mol. The van der Waals surface area contributed by atoms with Crippen molar-refractivity contribution in [3.05, 3.63) is 23.8 Å². The average Bonchev–Trinajstić information content (AvgIpc) is 2.83. The largest absolute Gasteiger partial charge is 0.478 e. The minimum absolute atomic E-state index is 0.0118. The molecule has 1 saturated carbocycles. The summed E-state index contributed by atoms with van der Waals surface area (Å²) < 4.78 is 0. The maximum atomic E-state index is 12.5. The van der Waals surface area contributed by atoms with Crippen molar-refractivity contribution in [3.63, 3.8) is 0 Å². The molecule has 1 aliphatic carbocycles. The van der Waals surface area contributed by atoms with Gasteiger partial charge in [-0.1, -0.05) is 13.3 Å². The molecule has 1 aliphatic rings. The van der Waals surface area contributed by atoms with Crippen LogP contribution in [0.15, 0.2) is 18.2 Å². The molecule has 2 rings (SSSR count). The second kappa shape index (κ2) is 5.53. The number of amides is 1. The van der Waals surface area contributed by atoms with E-state index in [4.69, 9.17) is 5.73 Å². The number of carbonyl (C=O) groups excluding carboxylic acids is 1. The first-order valence-electron chi connectivity index (χ1n) is 6.82. The molecule has 0 spiro atoms. The minimum Gasteiger partial charge on any atom is -0.478 e. The van der Waals surface area contributed by atoms with Crippen LogP contribution in [0.25, 0.3) is 0 Å². The number of carboxylic acids is 1. The summed E-state index contributed by atoms with van der Waals surface area (Å²) in [5.41, 5.74) is 6.46. The highest BCUT2D eigenvalue weighted by atomic mass is 16.4. The van der Waals surface area contributed by atoms with Crippen LogP contribution in [0.1, 0.15) is 36.5 Å². The van der Waals surface area contributed by atoms with E-state index < -0.39 is 5.97 Å². The summed E-state index contributed by atoms with van der Waals surface area (Å²) in [7, 11) is 1.63. The molecule has 0 aromatic heterocycles. The van der Waals surface area contributed by atoms with Crippen LogP contribution in [0.2, 0.25) is 0 Å². The highest BCUT2D eigenvalue weighted by molar-refractivity contribution is 6.03. The summed E-state index contributed by atoms with van der Waals surface area (Å²) in [6.45, 7) is 2.07. The zero-order chi connectivity index (χ0) is 14.9. The van der Waals surface area contributed by atoms with Crippen molar-refractivity contribution < 1.29 is 14.7 Å². The predicted octanol–water partition coefficient (Wildman–Crippen LogP) is 2.37. The Morgan fingerprint density at radius 2 is 2.05 bits per heavy atom. The molecule has 2 atom stereocenters. The molecule has 1 fully saturated rings. The molecule has 5 heteroatoms. The Balaban J connectivity index is 2.31. The Hall–Kier alpha value is -2.04. The van der Waals surface area contributed by atoms with E-state index in [9.17, 15) is 14.7 Å². The molecule has 108 valence electrons. The molecular weight excluding hydrogens is 256 g/mol. The van der Waals surface area contributed by atoms with Gasteiger partial charge < -0.3 is 15.7 Å². The molecule has 1 aromatic rings. The number of rotatable bonds is 3. The molecule has 1 amide bonds. The fourth-order valence-electron chi connectivity index (χ4n) is 2.90. The smallest absolute Gasteiger partial charge is 0.337 e. The lowest BCUT2D eigenvalue weighted by Gasteiger charge is -2.25. The molecular formula is C15H20N2O3. The number of nitrogens with zero attached hydrogens (tertiary/aromatic N) is 1. The van der Waals surface area contributed by atoms with Crippen molar-refractivity contribution in [2.24, 2.45) is 11.8 Å². The second-order valence-electron chi connectivity index (χ2n) is 5.49. The standard InChI is InChI=1S/C15H20N2O3/c1-9-4-3-5-11(9)14(18)17(2)13-7-6-10(16)8-12(13)15(19)20/h6-9,11H,3-5,16H2,1-2H3,(H,19,20). The van der Waals surface area contributed by atoms with Gasteiger partial charge in [-0.25, -0.2) is 4.79 Å². The van der Waals surface area contributed by atoms with E-state index in [2.05, 4.69) is 6.92 Å². The molecule has 0 heterocycles. The van der Waals surface area contributed by atoms with Crippen LogP contribution in [0.5, 0.6) is 0 Å². The molecule has 0 saturated heterocycles.